The van der Waals surface area contributed by atoms with Crippen LogP contribution in [0.2, 0.25) is 0 Å². The first-order chi connectivity index (χ1) is 7.84. The summed E-state index contributed by atoms with van der Waals surface area (Å²) in [4.78, 5) is 16.2. The van der Waals surface area contributed by atoms with Crippen molar-refractivity contribution < 1.29 is 4.79 Å². The second-order valence-electron chi connectivity index (χ2n) is 5.23. The minimum Gasteiger partial charge on any atom is -0.348 e. The van der Waals surface area contributed by atoms with Crippen LogP contribution >= 0.6 is 11.3 Å². The summed E-state index contributed by atoms with van der Waals surface area (Å²) in [6.07, 6.45) is 0.729. The summed E-state index contributed by atoms with van der Waals surface area (Å²) in [6.45, 7) is 8.86. The summed E-state index contributed by atoms with van der Waals surface area (Å²) in [7, 11) is 0. The highest BCUT2D eigenvalue weighted by molar-refractivity contribution is 7.09. The van der Waals surface area contributed by atoms with Crippen LogP contribution in [0.1, 0.15) is 43.2 Å². The number of hydrogen-bond acceptors (Lipinski definition) is 4. The highest BCUT2D eigenvalue weighted by Crippen LogP contribution is 2.19. The summed E-state index contributed by atoms with van der Waals surface area (Å²) in [5, 5.41) is 5.67. The molecular formula is C12H21N3OS. The Morgan fingerprint density at radius 2 is 2.24 bits per heavy atom. The lowest BCUT2D eigenvalue weighted by Crippen LogP contribution is -2.41. The van der Waals surface area contributed by atoms with E-state index in [9.17, 15) is 4.79 Å². The van der Waals surface area contributed by atoms with Gasteiger partial charge in [0.2, 0.25) is 0 Å². The monoisotopic (exact) mass is 255 g/mol. The average Bonchev–Trinajstić information content (AvgIpc) is 2.65. The Morgan fingerprint density at radius 3 is 2.76 bits per heavy atom. The van der Waals surface area contributed by atoms with Gasteiger partial charge in [-0.2, -0.15) is 0 Å². The molecule has 0 fully saturated rings. The lowest BCUT2D eigenvalue weighted by molar-refractivity contribution is 0.0905. The van der Waals surface area contributed by atoms with Gasteiger partial charge < -0.3 is 11.1 Å². The van der Waals surface area contributed by atoms with Crippen LogP contribution in [0.25, 0.3) is 0 Å². The largest absolute Gasteiger partial charge is 0.348 e. The van der Waals surface area contributed by atoms with Crippen molar-refractivity contribution in [2.75, 3.05) is 6.54 Å². The third kappa shape index (κ3) is 4.09. The van der Waals surface area contributed by atoms with Gasteiger partial charge >= 0.3 is 0 Å². The molecule has 0 radical (unpaired) electrons. The molecule has 5 heteroatoms. The van der Waals surface area contributed by atoms with Crippen molar-refractivity contribution in [1.82, 2.24) is 10.3 Å². The van der Waals surface area contributed by atoms with E-state index in [1.165, 1.54) is 11.3 Å². The summed E-state index contributed by atoms with van der Waals surface area (Å²) in [5.74, 6) is -0.105. The Balaban J connectivity index is 2.63. The number of amides is 1. The minimum atomic E-state index is -0.105. The first-order valence-electron chi connectivity index (χ1n) is 5.80. The van der Waals surface area contributed by atoms with Crippen molar-refractivity contribution in [3.8, 4) is 0 Å². The lowest BCUT2D eigenvalue weighted by atomic mass is 9.88. The van der Waals surface area contributed by atoms with Crippen LogP contribution in [0.5, 0.6) is 0 Å². The van der Waals surface area contributed by atoms with Crippen molar-refractivity contribution in [2.45, 2.75) is 40.2 Å². The van der Waals surface area contributed by atoms with Gasteiger partial charge in [0.05, 0.1) is 5.01 Å². The van der Waals surface area contributed by atoms with Crippen molar-refractivity contribution in [2.24, 2.45) is 11.1 Å². The maximum atomic E-state index is 11.9. The second-order valence-corrected chi connectivity index (χ2v) is 6.17. The first-order valence-corrected chi connectivity index (χ1v) is 6.68. The predicted octanol–water partition coefficient (Wildman–Crippen LogP) is 1.81. The van der Waals surface area contributed by atoms with Crippen LogP contribution in [0.3, 0.4) is 0 Å². The van der Waals surface area contributed by atoms with Crippen molar-refractivity contribution >= 4 is 17.2 Å². The van der Waals surface area contributed by atoms with Gasteiger partial charge in [-0.05, 0) is 18.9 Å². The maximum Gasteiger partial charge on any atom is 0.270 e. The molecular weight excluding hydrogens is 234 g/mol. The number of thiazole rings is 1. The predicted molar refractivity (Wildman–Crippen MR) is 71.3 cm³/mol. The molecule has 0 aliphatic heterocycles. The van der Waals surface area contributed by atoms with Crippen LogP contribution in [0.15, 0.2) is 5.38 Å². The highest BCUT2D eigenvalue weighted by atomic mass is 32.1. The van der Waals surface area contributed by atoms with Gasteiger partial charge in [-0.1, -0.05) is 20.8 Å². The third-order valence-corrected chi connectivity index (χ3v) is 3.70. The molecule has 1 unspecified atom stereocenters. The SMILES string of the molecule is CC(NC(=O)c1csc(CCN)n1)C(C)(C)C. The smallest absolute Gasteiger partial charge is 0.270 e. The van der Waals surface area contributed by atoms with Crippen molar-refractivity contribution in [3.63, 3.8) is 0 Å². The second kappa shape index (κ2) is 5.60. The lowest BCUT2D eigenvalue weighted by Gasteiger charge is -2.27. The number of nitrogens with two attached hydrogens (primary N) is 1. The highest BCUT2D eigenvalue weighted by Gasteiger charge is 2.23. The number of carbonyl (C=O) groups is 1. The van der Waals surface area contributed by atoms with Crippen molar-refractivity contribution in [1.29, 1.82) is 0 Å². The molecule has 0 bridgehead atoms. The Labute approximate surface area is 107 Å². The molecule has 0 aliphatic rings. The van der Waals surface area contributed by atoms with E-state index in [0.29, 0.717) is 12.2 Å². The van der Waals surface area contributed by atoms with E-state index in [1.807, 2.05) is 6.92 Å². The molecule has 1 amide bonds. The molecule has 0 saturated carbocycles. The fourth-order valence-corrected chi connectivity index (χ4v) is 1.93. The van der Waals surface area contributed by atoms with E-state index < -0.39 is 0 Å². The van der Waals surface area contributed by atoms with Gasteiger partial charge in [0, 0.05) is 17.8 Å². The fourth-order valence-electron chi connectivity index (χ4n) is 1.14. The molecule has 3 N–H and O–H groups in total. The molecule has 1 heterocycles. The van der Waals surface area contributed by atoms with Crippen LogP contribution in [0.4, 0.5) is 0 Å². The molecule has 96 valence electrons. The van der Waals surface area contributed by atoms with Gasteiger partial charge in [0.15, 0.2) is 0 Å². The van der Waals surface area contributed by atoms with Crippen LogP contribution in [0, 0.1) is 5.41 Å². The molecule has 1 aromatic rings. The zero-order chi connectivity index (χ0) is 13.1. The van der Waals surface area contributed by atoms with E-state index in [-0.39, 0.29) is 17.4 Å². The molecule has 1 rings (SSSR count). The fraction of sp³-hybridized carbons (Fsp3) is 0.667. The number of hydrogen-bond donors (Lipinski definition) is 2. The van der Waals surface area contributed by atoms with Crippen molar-refractivity contribution in [3.05, 3.63) is 16.1 Å². The molecule has 17 heavy (non-hydrogen) atoms. The van der Waals surface area contributed by atoms with E-state index in [0.717, 1.165) is 11.4 Å². The number of nitrogens with one attached hydrogen (secondary N) is 1. The van der Waals surface area contributed by atoms with Gasteiger partial charge in [-0.25, -0.2) is 4.98 Å². The van der Waals surface area contributed by atoms with Crippen LogP contribution in [-0.4, -0.2) is 23.5 Å². The Kier molecular flexibility index (Phi) is 4.65. The number of aromatic nitrogens is 1. The van der Waals surface area contributed by atoms with E-state index >= 15 is 0 Å². The molecule has 0 spiro atoms. The zero-order valence-electron chi connectivity index (χ0n) is 10.9. The molecule has 4 nitrogen and oxygen atoms in total. The molecule has 1 atom stereocenters. The molecule has 0 aliphatic carbocycles. The normalized spacial score (nSPS) is 13.5. The van der Waals surface area contributed by atoms with Crippen LogP contribution in [-0.2, 0) is 6.42 Å². The first kappa shape index (κ1) is 14.1. The minimum absolute atomic E-state index is 0.0474. The summed E-state index contributed by atoms with van der Waals surface area (Å²) in [5.41, 5.74) is 5.99. The zero-order valence-corrected chi connectivity index (χ0v) is 11.7. The Bertz CT molecular complexity index is 381. The number of rotatable bonds is 4. The topological polar surface area (TPSA) is 68.0 Å². The Hall–Kier alpha value is -0.940. The summed E-state index contributed by atoms with van der Waals surface area (Å²) >= 11 is 1.49. The molecule has 1 aromatic heterocycles. The van der Waals surface area contributed by atoms with Gasteiger partial charge in [-0.15, -0.1) is 11.3 Å². The maximum absolute atomic E-state index is 11.9. The van der Waals surface area contributed by atoms with E-state index in [2.05, 4.69) is 31.1 Å². The number of nitrogens with zero attached hydrogens (tertiary/aromatic N) is 1. The van der Waals surface area contributed by atoms with Crippen LogP contribution < -0.4 is 11.1 Å². The average molecular weight is 255 g/mol. The third-order valence-electron chi connectivity index (χ3n) is 2.79. The van der Waals surface area contributed by atoms with Gasteiger partial charge in [0.1, 0.15) is 5.69 Å². The molecule has 0 aromatic carbocycles. The van der Waals surface area contributed by atoms with E-state index in [1.54, 1.807) is 5.38 Å². The number of carbonyl (C=O) groups excluding carboxylic acids is 1. The van der Waals surface area contributed by atoms with Gasteiger partial charge in [-0.3, -0.25) is 4.79 Å². The Morgan fingerprint density at radius 1 is 1.59 bits per heavy atom. The van der Waals surface area contributed by atoms with Gasteiger partial charge in [0.25, 0.3) is 5.91 Å². The summed E-state index contributed by atoms with van der Waals surface area (Å²) < 4.78 is 0. The molecule has 0 saturated heterocycles. The quantitative estimate of drug-likeness (QED) is 0.862. The standard InChI is InChI=1S/C12H21N3OS/c1-8(12(2,3)4)14-11(16)9-7-17-10(15-9)5-6-13/h7-8H,5-6,13H2,1-4H3,(H,14,16). The summed E-state index contributed by atoms with van der Waals surface area (Å²) in [6, 6.07) is 0.106. The van der Waals surface area contributed by atoms with E-state index in [4.69, 9.17) is 5.73 Å².